The summed E-state index contributed by atoms with van der Waals surface area (Å²) in [5, 5.41) is 5.67. The first-order chi connectivity index (χ1) is 14.8. The van der Waals surface area contributed by atoms with E-state index in [-0.39, 0.29) is 0 Å². The highest BCUT2D eigenvalue weighted by atomic mass is 32.1. The van der Waals surface area contributed by atoms with Crippen LogP contribution in [0.3, 0.4) is 0 Å². The molecule has 161 valence electrons. The van der Waals surface area contributed by atoms with E-state index in [1.807, 2.05) is 18.3 Å². The minimum absolute atomic E-state index is 0.420. The van der Waals surface area contributed by atoms with Crippen LogP contribution >= 0.6 is 11.3 Å². The van der Waals surface area contributed by atoms with E-state index in [0.717, 1.165) is 28.3 Å². The molecule has 1 aliphatic rings. The molecule has 31 heavy (non-hydrogen) atoms. The van der Waals surface area contributed by atoms with E-state index in [0.29, 0.717) is 23.9 Å². The zero-order valence-electron chi connectivity index (χ0n) is 16.2. The van der Waals surface area contributed by atoms with Gasteiger partial charge in [-0.05, 0) is 48.7 Å². The predicted octanol–water partition coefficient (Wildman–Crippen LogP) is 7.11. The second-order valence-corrected chi connectivity index (χ2v) is 8.22. The van der Waals surface area contributed by atoms with E-state index in [1.165, 1.54) is 18.8 Å². The van der Waals surface area contributed by atoms with Crippen molar-refractivity contribution in [2.45, 2.75) is 31.9 Å². The van der Waals surface area contributed by atoms with Crippen LogP contribution < -0.4 is 10.6 Å². The van der Waals surface area contributed by atoms with E-state index < -0.39 is 29.3 Å². The normalized spacial score (nSPS) is 14.6. The second-order valence-electron chi connectivity index (χ2n) is 7.19. The van der Waals surface area contributed by atoms with Crippen molar-refractivity contribution in [3.8, 4) is 10.4 Å². The molecule has 9 heteroatoms. The van der Waals surface area contributed by atoms with Crippen molar-refractivity contribution in [1.82, 2.24) is 4.98 Å². The van der Waals surface area contributed by atoms with E-state index in [2.05, 4.69) is 15.6 Å². The number of rotatable bonds is 4. The number of anilines is 2. The van der Waals surface area contributed by atoms with E-state index >= 15 is 0 Å². The summed E-state index contributed by atoms with van der Waals surface area (Å²) in [5.74, 6) is 0.438. The maximum absolute atomic E-state index is 13.8. The first-order valence-corrected chi connectivity index (χ1v) is 10.5. The number of halogens is 4. The largest absolute Gasteiger partial charge is 0.416 e. The number of thiazole rings is 1. The van der Waals surface area contributed by atoms with Crippen LogP contribution in [-0.2, 0) is 6.18 Å². The van der Waals surface area contributed by atoms with Gasteiger partial charge in [-0.3, -0.25) is 0 Å². The lowest BCUT2D eigenvalue weighted by Gasteiger charge is -2.12. The lowest BCUT2D eigenvalue weighted by molar-refractivity contribution is -0.137. The summed E-state index contributed by atoms with van der Waals surface area (Å²) in [5.41, 5.74) is -0.237. The van der Waals surface area contributed by atoms with E-state index in [9.17, 15) is 22.4 Å². The zero-order chi connectivity index (χ0) is 22.0. The lowest BCUT2D eigenvalue weighted by Crippen LogP contribution is -2.20. The van der Waals surface area contributed by atoms with Crippen LogP contribution in [0.2, 0.25) is 0 Å². The highest BCUT2D eigenvalue weighted by molar-refractivity contribution is 7.15. The van der Waals surface area contributed by atoms with Gasteiger partial charge in [-0.2, -0.15) is 13.2 Å². The molecule has 3 aromatic rings. The smallest absolute Gasteiger partial charge is 0.308 e. The van der Waals surface area contributed by atoms with Crippen molar-refractivity contribution in [3.63, 3.8) is 0 Å². The molecule has 0 unspecified atom stereocenters. The van der Waals surface area contributed by atoms with Crippen LogP contribution in [0, 0.1) is 11.7 Å². The SMILES string of the molecule is O=C(Nc1ccc(-c2cnc([C]3CCCC3)s2)cc1)Nc1cc(C(F)(F)F)ccc1F. The number of amides is 2. The molecule has 1 aromatic heterocycles. The molecule has 1 saturated carbocycles. The van der Waals surface area contributed by atoms with Gasteiger partial charge in [0, 0.05) is 17.8 Å². The number of benzene rings is 2. The topological polar surface area (TPSA) is 54.0 Å². The lowest BCUT2D eigenvalue weighted by atomic mass is 10.1. The molecular weight excluding hydrogens is 430 g/mol. The summed E-state index contributed by atoms with van der Waals surface area (Å²) in [6.45, 7) is 0. The zero-order valence-corrected chi connectivity index (χ0v) is 17.0. The Hall–Kier alpha value is -2.94. The van der Waals surface area contributed by atoms with E-state index in [1.54, 1.807) is 23.5 Å². The summed E-state index contributed by atoms with van der Waals surface area (Å²) in [6, 6.07) is 7.96. The Morgan fingerprint density at radius 3 is 2.39 bits per heavy atom. The molecule has 0 spiro atoms. The first-order valence-electron chi connectivity index (χ1n) is 9.66. The second kappa shape index (κ2) is 8.66. The van der Waals surface area contributed by atoms with Crippen LogP contribution in [0.15, 0.2) is 48.7 Å². The molecule has 2 amide bonds. The number of carbonyl (C=O) groups is 1. The molecule has 4 nitrogen and oxygen atoms in total. The van der Waals surface area contributed by atoms with Crippen molar-refractivity contribution in [3.05, 3.63) is 71.0 Å². The number of carbonyl (C=O) groups excluding carboxylic acids is 1. The van der Waals surface area contributed by atoms with Crippen molar-refractivity contribution in [2.75, 3.05) is 10.6 Å². The third-order valence-electron chi connectivity index (χ3n) is 4.98. The van der Waals surface area contributed by atoms with E-state index in [4.69, 9.17) is 0 Å². The molecule has 0 saturated heterocycles. The minimum atomic E-state index is -4.64. The van der Waals surface area contributed by atoms with Gasteiger partial charge in [0.05, 0.1) is 16.1 Å². The number of nitrogens with one attached hydrogen (secondary N) is 2. The van der Waals surface area contributed by atoms with Crippen LogP contribution in [-0.4, -0.2) is 11.0 Å². The number of hydrogen-bond donors (Lipinski definition) is 2. The molecule has 1 heterocycles. The molecule has 0 aliphatic heterocycles. The van der Waals surface area contributed by atoms with Gasteiger partial charge in [-0.25, -0.2) is 14.2 Å². The minimum Gasteiger partial charge on any atom is -0.308 e. The molecule has 0 atom stereocenters. The maximum Gasteiger partial charge on any atom is 0.416 e. The van der Waals surface area contributed by atoms with Crippen molar-refractivity contribution in [2.24, 2.45) is 0 Å². The highest BCUT2D eigenvalue weighted by Gasteiger charge is 2.31. The summed E-state index contributed by atoms with van der Waals surface area (Å²) in [7, 11) is 0. The number of hydrogen-bond acceptors (Lipinski definition) is 3. The number of aromatic nitrogens is 1. The van der Waals surface area contributed by atoms with Gasteiger partial charge in [0.1, 0.15) is 10.8 Å². The van der Waals surface area contributed by atoms with Crippen molar-refractivity contribution < 1.29 is 22.4 Å². The van der Waals surface area contributed by atoms with Gasteiger partial charge < -0.3 is 10.6 Å². The summed E-state index contributed by atoms with van der Waals surface area (Å²) < 4.78 is 52.2. The van der Waals surface area contributed by atoms with Gasteiger partial charge in [-0.1, -0.05) is 25.0 Å². The third kappa shape index (κ3) is 5.04. The molecular formula is C22H18F4N3OS. The summed E-state index contributed by atoms with van der Waals surface area (Å²) in [6.07, 6.45) is 1.79. The molecule has 0 bridgehead atoms. The molecule has 1 fully saturated rings. The maximum atomic E-state index is 13.8. The Labute approximate surface area is 180 Å². The average Bonchev–Trinajstić information content (AvgIpc) is 3.41. The van der Waals surface area contributed by atoms with Crippen LogP contribution in [0.1, 0.15) is 36.3 Å². The Morgan fingerprint density at radius 1 is 1.00 bits per heavy atom. The fourth-order valence-electron chi connectivity index (χ4n) is 3.39. The molecule has 2 N–H and O–H groups in total. The molecule has 4 rings (SSSR count). The molecule has 2 aromatic carbocycles. The Morgan fingerprint density at radius 2 is 1.71 bits per heavy atom. The Bertz CT molecular complexity index is 1070. The predicted molar refractivity (Wildman–Crippen MR) is 112 cm³/mol. The van der Waals surface area contributed by atoms with Crippen molar-refractivity contribution >= 4 is 28.7 Å². The fourth-order valence-corrected chi connectivity index (χ4v) is 4.41. The van der Waals surface area contributed by atoms with Gasteiger partial charge in [-0.15, -0.1) is 11.3 Å². The standard InChI is InChI=1S/C22H18F4N3OS/c23-17-10-7-15(22(24,25)26)11-18(17)29-21(30)28-16-8-5-13(6-9-16)19-12-27-20(31-19)14-3-1-2-4-14/h5-12H,1-4H2,(H2,28,29,30). The average molecular weight is 448 g/mol. The summed E-state index contributed by atoms with van der Waals surface area (Å²) in [4.78, 5) is 17.6. The fraction of sp³-hybridized carbons (Fsp3) is 0.227. The monoisotopic (exact) mass is 448 g/mol. The van der Waals surface area contributed by atoms with Crippen LogP contribution in [0.25, 0.3) is 10.4 Å². The van der Waals surface area contributed by atoms with Gasteiger partial charge in [0.25, 0.3) is 0 Å². The quantitative estimate of drug-likeness (QED) is 0.418. The number of urea groups is 1. The molecule has 1 radical (unpaired) electrons. The molecule has 1 aliphatic carbocycles. The van der Waals surface area contributed by atoms with Gasteiger partial charge in [0.2, 0.25) is 0 Å². The number of alkyl halides is 3. The van der Waals surface area contributed by atoms with Crippen molar-refractivity contribution in [1.29, 1.82) is 0 Å². The third-order valence-corrected chi connectivity index (χ3v) is 6.13. The van der Waals surface area contributed by atoms with Gasteiger partial charge in [0.15, 0.2) is 0 Å². The van der Waals surface area contributed by atoms with Crippen LogP contribution in [0.5, 0.6) is 0 Å². The Kier molecular flexibility index (Phi) is 5.95. The van der Waals surface area contributed by atoms with Gasteiger partial charge >= 0.3 is 12.2 Å². The summed E-state index contributed by atoms with van der Waals surface area (Å²) >= 11 is 1.63. The number of nitrogens with zero attached hydrogens (tertiary/aromatic N) is 1. The first kappa shape index (κ1) is 21.3. The highest BCUT2D eigenvalue weighted by Crippen LogP contribution is 2.38. The van der Waals surface area contributed by atoms with Crippen LogP contribution in [0.4, 0.5) is 33.7 Å². The Balaban J connectivity index is 1.41.